The molecule has 0 unspecified atom stereocenters. The van der Waals surface area contributed by atoms with Crippen LogP contribution in [0.2, 0.25) is 5.02 Å². The van der Waals surface area contributed by atoms with Gasteiger partial charge in [0.05, 0.1) is 5.02 Å². The van der Waals surface area contributed by atoms with Crippen LogP contribution in [-0.4, -0.2) is 9.55 Å². The molecule has 0 saturated heterocycles. The van der Waals surface area contributed by atoms with Crippen LogP contribution in [0.4, 0.5) is 5.82 Å². The van der Waals surface area contributed by atoms with Gasteiger partial charge in [0.25, 0.3) is 0 Å². The molecule has 1 heterocycles. The molecule has 0 atom stereocenters. The van der Waals surface area contributed by atoms with Gasteiger partial charge >= 0.3 is 0 Å². The van der Waals surface area contributed by atoms with E-state index in [0.29, 0.717) is 10.8 Å². The zero-order valence-electron chi connectivity index (χ0n) is 12.9. The Hall–Kier alpha value is -1.00. The van der Waals surface area contributed by atoms with E-state index in [4.69, 9.17) is 22.3 Å². The van der Waals surface area contributed by atoms with Crippen LogP contribution in [0.1, 0.15) is 39.9 Å². The van der Waals surface area contributed by atoms with Crippen molar-refractivity contribution in [1.29, 1.82) is 0 Å². The molecule has 0 aliphatic carbocycles. The van der Waals surface area contributed by atoms with Crippen molar-refractivity contribution in [2.75, 3.05) is 5.73 Å². The summed E-state index contributed by atoms with van der Waals surface area (Å²) in [5.74, 6) is 1.74. The van der Waals surface area contributed by atoms with Gasteiger partial charge in [0, 0.05) is 22.0 Å². The van der Waals surface area contributed by atoms with Crippen molar-refractivity contribution < 1.29 is 0 Å². The van der Waals surface area contributed by atoms with Crippen molar-refractivity contribution in [2.24, 2.45) is 0 Å². The van der Waals surface area contributed by atoms with Crippen LogP contribution in [-0.2, 0) is 12.0 Å². The molecular weight excluding hydrogens is 350 g/mol. The summed E-state index contributed by atoms with van der Waals surface area (Å²) in [5.41, 5.74) is 8.10. The number of anilines is 1. The number of nitrogens with two attached hydrogens (primary N) is 1. The largest absolute Gasteiger partial charge is 0.383 e. The highest BCUT2D eigenvalue weighted by molar-refractivity contribution is 9.10. The van der Waals surface area contributed by atoms with E-state index in [1.165, 1.54) is 0 Å². The van der Waals surface area contributed by atoms with Crippen molar-refractivity contribution in [3.05, 3.63) is 33.5 Å². The number of aryl methyl sites for hydroxylation is 1. The first-order valence-electron chi connectivity index (χ1n) is 7.08. The van der Waals surface area contributed by atoms with E-state index < -0.39 is 0 Å². The van der Waals surface area contributed by atoms with E-state index in [-0.39, 0.29) is 5.54 Å². The summed E-state index contributed by atoms with van der Waals surface area (Å²) in [6.07, 6.45) is 1.95. The third-order valence-corrected chi connectivity index (χ3v) is 4.53. The average molecular weight is 371 g/mol. The van der Waals surface area contributed by atoms with Gasteiger partial charge in [0.2, 0.25) is 0 Å². The Balaban J connectivity index is 2.62. The number of benzene rings is 1. The number of aromatic nitrogens is 2. The maximum atomic E-state index is 6.39. The van der Waals surface area contributed by atoms with Gasteiger partial charge < -0.3 is 10.3 Å². The Labute approximate surface area is 139 Å². The number of rotatable bonds is 3. The number of hydrogen-bond donors (Lipinski definition) is 1. The van der Waals surface area contributed by atoms with E-state index >= 15 is 0 Å². The molecule has 2 aromatic rings. The van der Waals surface area contributed by atoms with Crippen LogP contribution >= 0.6 is 27.5 Å². The molecule has 3 nitrogen and oxygen atoms in total. The highest BCUT2D eigenvalue weighted by Crippen LogP contribution is 2.34. The second-order valence-corrected chi connectivity index (χ2v) is 7.41. The molecule has 0 radical (unpaired) electrons. The summed E-state index contributed by atoms with van der Waals surface area (Å²) in [6.45, 7) is 8.58. The normalized spacial score (nSPS) is 11.9. The molecule has 0 aliphatic rings. The summed E-state index contributed by atoms with van der Waals surface area (Å²) in [5, 5.41) is 0.682. The van der Waals surface area contributed by atoms with Gasteiger partial charge in [-0.25, -0.2) is 4.98 Å². The fourth-order valence-electron chi connectivity index (χ4n) is 2.48. The fourth-order valence-corrected chi connectivity index (χ4v) is 2.97. The summed E-state index contributed by atoms with van der Waals surface area (Å²) in [7, 11) is 0. The third kappa shape index (κ3) is 3.27. The molecule has 0 amide bonds. The monoisotopic (exact) mass is 369 g/mol. The van der Waals surface area contributed by atoms with E-state index in [9.17, 15) is 0 Å². The Bertz CT molecular complexity index is 656. The summed E-state index contributed by atoms with van der Waals surface area (Å²) < 4.78 is 2.98. The van der Waals surface area contributed by atoms with Gasteiger partial charge in [-0.2, -0.15) is 0 Å². The smallest absolute Gasteiger partial charge is 0.132 e. The second-order valence-electron chi connectivity index (χ2n) is 6.15. The minimum atomic E-state index is -0.0938. The van der Waals surface area contributed by atoms with Crippen molar-refractivity contribution in [3.8, 4) is 11.3 Å². The maximum Gasteiger partial charge on any atom is 0.132 e. The summed E-state index contributed by atoms with van der Waals surface area (Å²) in [6, 6.07) is 5.77. The standard InChI is InChI=1S/C16H21BrClN3/c1-5-6-13-20-14(15(19)21(13)16(2,3)4)10-7-8-12(18)11(17)9-10/h7-9H,5-6,19H2,1-4H3. The topological polar surface area (TPSA) is 43.8 Å². The highest BCUT2D eigenvalue weighted by atomic mass is 79.9. The van der Waals surface area contributed by atoms with Gasteiger partial charge in [-0.3, -0.25) is 0 Å². The zero-order valence-corrected chi connectivity index (χ0v) is 15.2. The minimum absolute atomic E-state index is 0.0938. The molecular formula is C16H21BrClN3. The second kappa shape index (κ2) is 6.01. The number of nitrogen functional groups attached to an aromatic ring is 1. The number of hydrogen-bond acceptors (Lipinski definition) is 2. The van der Waals surface area contributed by atoms with Crippen LogP contribution in [0.5, 0.6) is 0 Å². The predicted molar refractivity (Wildman–Crippen MR) is 93.8 cm³/mol. The van der Waals surface area contributed by atoms with Crippen LogP contribution < -0.4 is 5.73 Å². The molecule has 114 valence electrons. The molecule has 2 rings (SSSR count). The lowest BCUT2D eigenvalue weighted by Gasteiger charge is -2.25. The molecule has 5 heteroatoms. The Morgan fingerprint density at radius 2 is 2.00 bits per heavy atom. The van der Waals surface area contributed by atoms with Crippen molar-refractivity contribution in [1.82, 2.24) is 9.55 Å². The molecule has 21 heavy (non-hydrogen) atoms. The molecule has 2 N–H and O–H groups in total. The highest BCUT2D eigenvalue weighted by Gasteiger charge is 2.24. The van der Waals surface area contributed by atoms with Crippen molar-refractivity contribution >= 4 is 33.3 Å². The van der Waals surface area contributed by atoms with Gasteiger partial charge in [-0.15, -0.1) is 0 Å². The third-order valence-electron chi connectivity index (χ3n) is 3.32. The van der Waals surface area contributed by atoms with Gasteiger partial charge in [0.15, 0.2) is 0 Å². The number of halogens is 2. The Morgan fingerprint density at radius 3 is 2.52 bits per heavy atom. The van der Waals surface area contributed by atoms with E-state index in [2.05, 4.69) is 48.2 Å². The molecule has 0 spiro atoms. The minimum Gasteiger partial charge on any atom is -0.383 e. The predicted octanol–water partition coefficient (Wildman–Crippen LogP) is 5.26. The Kier molecular flexibility index (Phi) is 4.69. The zero-order chi connectivity index (χ0) is 15.8. The lowest BCUT2D eigenvalue weighted by Crippen LogP contribution is -2.25. The molecule has 0 aliphatic heterocycles. The lowest BCUT2D eigenvalue weighted by molar-refractivity contribution is 0.387. The maximum absolute atomic E-state index is 6.39. The first-order valence-corrected chi connectivity index (χ1v) is 8.25. The van der Waals surface area contributed by atoms with E-state index in [1.807, 2.05) is 18.2 Å². The van der Waals surface area contributed by atoms with Crippen LogP contribution in [0, 0.1) is 0 Å². The van der Waals surface area contributed by atoms with E-state index in [0.717, 1.165) is 34.4 Å². The van der Waals surface area contributed by atoms with Crippen molar-refractivity contribution in [3.63, 3.8) is 0 Å². The lowest BCUT2D eigenvalue weighted by atomic mass is 10.1. The van der Waals surface area contributed by atoms with Crippen LogP contribution in [0.3, 0.4) is 0 Å². The van der Waals surface area contributed by atoms with E-state index in [1.54, 1.807) is 0 Å². The van der Waals surface area contributed by atoms with Gasteiger partial charge in [0.1, 0.15) is 17.3 Å². The van der Waals surface area contributed by atoms with Gasteiger partial charge in [-0.1, -0.05) is 24.6 Å². The molecule has 0 bridgehead atoms. The average Bonchev–Trinajstić information content (AvgIpc) is 2.70. The molecule has 1 aromatic heterocycles. The number of nitrogens with zero attached hydrogens (tertiary/aromatic N) is 2. The number of imidazole rings is 1. The summed E-state index contributed by atoms with van der Waals surface area (Å²) in [4.78, 5) is 4.78. The first-order chi connectivity index (χ1) is 9.75. The quantitative estimate of drug-likeness (QED) is 0.801. The Morgan fingerprint density at radius 1 is 1.33 bits per heavy atom. The fraction of sp³-hybridized carbons (Fsp3) is 0.438. The SMILES string of the molecule is CCCc1nc(-c2ccc(Cl)c(Br)c2)c(N)n1C(C)(C)C. The first kappa shape index (κ1) is 16.4. The van der Waals surface area contributed by atoms with Crippen LogP contribution in [0.25, 0.3) is 11.3 Å². The molecule has 0 fully saturated rings. The molecule has 0 saturated carbocycles. The van der Waals surface area contributed by atoms with Gasteiger partial charge in [-0.05, 0) is 55.3 Å². The molecule has 1 aromatic carbocycles. The van der Waals surface area contributed by atoms with Crippen LogP contribution in [0.15, 0.2) is 22.7 Å². The summed E-state index contributed by atoms with van der Waals surface area (Å²) >= 11 is 9.52. The van der Waals surface area contributed by atoms with Crippen molar-refractivity contribution in [2.45, 2.75) is 46.1 Å².